The summed E-state index contributed by atoms with van der Waals surface area (Å²) in [7, 11) is 1.44. The third-order valence-electron chi connectivity index (χ3n) is 1.93. The van der Waals surface area contributed by atoms with E-state index in [0.29, 0.717) is 0 Å². The Morgan fingerprint density at radius 2 is 1.88 bits per heavy atom. The van der Waals surface area contributed by atoms with E-state index in [1.165, 1.54) is 25.3 Å². The van der Waals surface area contributed by atoms with Crippen LogP contribution < -0.4 is 4.74 Å². The molecule has 0 bridgehead atoms. The van der Waals surface area contributed by atoms with E-state index in [2.05, 4.69) is 0 Å². The number of methoxy groups -OCH3 is 1. The van der Waals surface area contributed by atoms with Crippen LogP contribution in [0.1, 0.15) is 10.4 Å². The van der Waals surface area contributed by atoms with Crippen LogP contribution in [0.3, 0.4) is 0 Å². The van der Waals surface area contributed by atoms with Crippen LogP contribution in [0.15, 0.2) is 24.3 Å². The lowest BCUT2D eigenvalue weighted by atomic mass is 10.1. The SMILES string of the molecule is COCCOc1ccccc1C(=O)C(F)(F)F. The highest BCUT2D eigenvalue weighted by Gasteiger charge is 2.40. The fourth-order valence-corrected chi connectivity index (χ4v) is 1.17. The first-order valence-electron chi connectivity index (χ1n) is 4.79. The molecule has 17 heavy (non-hydrogen) atoms. The first-order valence-corrected chi connectivity index (χ1v) is 4.79. The van der Waals surface area contributed by atoms with E-state index in [-0.39, 0.29) is 19.0 Å². The monoisotopic (exact) mass is 248 g/mol. The van der Waals surface area contributed by atoms with E-state index < -0.39 is 17.5 Å². The molecular weight excluding hydrogens is 237 g/mol. The van der Waals surface area contributed by atoms with Gasteiger partial charge in [0.1, 0.15) is 12.4 Å². The number of ketones is 1. The van der Waals surface area contributed by atoms with Crippen LogP contribution in [0.4, 0.5) is 13.2 Å². The molecule has 0 saturated heterocycles. The van der Waals surface area contributed by atoms with Crippen LogP contribution in [0.25, 0.3) is 0 Å². The maximum atomic E-state index is 12.3. The van der Waals surface area contributed by atoms with Crippen molar-refractivity contribution in [2.75, 3.05) is 20.3 Å². The highest BCUT2D eigenvalue weighted by molar-refractivity contribution is 6.02. The van der Waals surface area contributed by atoms with Crippen molar-refractivity contribution < 1.29 is 27.4 Å². The Kier molecular flexibility index (Phi) is 4.51. The van der Waals surface area contributed by atoms with Crippen molar-refractivity contribution in [1.82, 2.24) is 0 Å². The summed E-state index contributed by atoms with van der Waals surface area (Å²) in [6, 6.07) is 5.24. The second-order valence-electron chi connectivity index (χ2n) is 3.16. The number of alkyl halides is 3. The molecule has 0 aliphatic heterocycles. The summed E-state index contributed by atoms with van der Waals surface area (Å²) in [5, 5.41) is 0. The third-order valence-corrected chi connectivity index (χ3v) is 1.93. The molecule has 6 heteroatoms. The Balaban J connectivity index is 2.88. The lowest BCUT2D eigenvalue weighted by molar-refractivity contribution is -0.0886. The first kappa shape index (κ1) is 13.5. The summed E-state index contributed by atoms with van der Waals surface area (Å²) in [6.07, 6.45) is -4.90. The van der Waals surface area contributed by atoms with Gasteiger partial charge in [-0.25, -0.2) is 0 Å². The van der Waals surface area contributed by atoms with Crippen LogP contribution in [-0.4, -0.2) is 32.3 Å². The zero-order valence-corrected chi connectivity index (χ0v) is 9.08. The summed E-state index contributed by atoms with van der Waals surface area (Å²) in [6.45, 7) is 0.313. The minimum Gasteiger partial charge on any atom is -0.490 e. The van der Waals surface area contributed by atoms with Crippen LogP contribution in [0.5, 0.6) is 5.75 Å². The molecule has 0 radical (unpaired) electrons. The van der Waals surface area contributed by atoms with Crippen molar-refractivity contribution in [3.8, 4) is 5.75 Å². The van der Waals surface area contributed by atoms with Gasteiger partial charge in [-0.3, -0.25) is 4.79 Å². The van der Waals surface area contributed by atoms with Gasteiger partial charge in [0.15, 0.2) is 0 Å². The van der Waals surface area contributed by atoms with Gasteiger partial charge in [0.05, 0.1) is 12.2 Å². The maximum Gasteiger partial charge on any atom is 0.455 e. The van der Waals surface area contributed by atoms with Crippen LogP contribution in [0, 0.1) is 0 Å². The summed E-state index contributed by atoms with van der Waals surface area (Å²) in [5.41, 5.74) is -0.490. The number of carbonyl (C=O) groups is 1. The first-order chi connectivity index (χ1) is 7.96. The minimum absolute atomic E-state index is 0.0820. The predicted octanol–water partition coefficient (Wildman–Crippen LogP) is 2.46. The smallest absolute Gasteiger partial charge is 0.455 e. The number of hydrogen-bond acceptors (Lipinski definition) is 3. The number of carbonyl (C=O) groups excluding carboxylic acids is 1. The van der Waals surface area contributed by atoms with E-state index in [1.807, 2.05) is 0 Å². The van der Waals surface area contributed by atoms with E-state index in [9.17, 15) is 18.0 Å². The third kappa shape index (κ3) is 3.74. The Bertz CT molecular complexity index is 388. The maximum absolute atomic E-state index is 12.3. The second kappa shape index (κ2) is 5.67. The summed E-state index contributed by atoms with van der Waals surface area (Å²) in [5.74, 6) is -2.00. The van der Waals surface area contributed by atoms with Crippen molar-refractivity contribution in [3.05, 3.63) is 29.8 Å². The summed E-state index contributed by atoms with van der Waals surface area (Å²) in [4.78, 5) is 11.1. The number of hydrogen-bond donors (Lipinski definition) is 0. The average molecular weight is 248 g/mol. The van der Waals surface area contributed by atoms with Gasteiger partial charge in [-0.1, -0.05) is 12.1 Å². The molecule has 94 valence electrons. The molecular formula is C11H11F3O3. The lowest BCUT2D eigenvalue weighted by Crippen LogP contribution is -2.23. The molecule has 1 aromatic carbocycles. The molecule has 0 amide bonds. The number of Topliss-reactive ketones (excluding diaryl/α,β-unsaturated/α-hetero) is 1. The normalized spacial score (nSPS) is 11.3. The van der Waals surface area contributed by atoms with Crippen molar-refractivity contribution in [2.45, 2.75) is 6.18 Å². The van der Waals surface area contributed by atoms with E-state index in [1.54, 1.807) is 0 Å². The molecule has 0 spiro atoms. The number of halogens is 3. The highest BCUT2D eigenvalue weighted by Crippen LogP contribution is 2.27. The van der Waals surface area contributed by atoms with Gasteiger partial charge in [-0.15, -0.1) is 0 Å². The molecule has 0 atom stereocenters. The topological polar surface area (TPSA) is 35.5 Å². The number of benzene rings is 1. The van der Waals surface area contributed by atoms with Crippen molar-refractivity contribution in [1.29, 1.82) is 0 Å². The molecule has 0 fully saturated rings. The van der Waals surface area contributed by atoms with E-state index >= 15 is 0 Å². The number of para-hydroxylation sites is 1. The van der Waals surface area contributed by atoms with Crippen LogP contribution in [-0.2, 0) is 4.74 Å². The quantitative estimate of drug-likeness (QED) is 0.593. The van der Waals surface area contributed by atoms with Gasteiger partial charge in [-0.05, 0) is 12.1 Å². The zero-order valence-electron chi connectivity index (χ0n) is 9.08. The number of ether oxygens (including phenoxy) is 2. The molecule has 0 aromatic heterocycles. The highest BCUT2D eigenvalue weighted by atomic mass is 19.4. The van der Waals surface area contributed by atoms with Gasteiger partial charge >= 0.3 is 6.18 Å². The Labute approximate surface area is 96.1 Å². The molecule has 1 rings (SSSR count). The second-order valence-corrected chi connectivity index (χ2v) is 3.16. The van der Waals surface area contributed by atoms with Crippen molar-refractivity contribution in [2.24, 2.45) is 0 Å². The van der Waals surface area contributed by atoms with Gasteiger partial charge in [0.2, 0.25) is 0 Å². The molecule has 0 heterocycles. The van der Waals surface area contributed by atoms with Gasteiger partial charge in [0.25, 0.3) is 5.78 Å². The van der Waals surface area contributed by atoms with Gasteiger partial charge in [0, 0.05) is 7.11 Å². The minimum atomic E-state index is -4.90. The molecule has 0 N–H and O–H groups in total. The number of rotatable bonds is 5. The fraction of sp³-hybridized carbons (Fsp3) is 0.364. The molecule has 0 unspecified atom stereocenters. The molecule has 0 aliphatic rings. The summed E-state index contributed by atoms with van der Waals surface area (Å²) < 4.78 is 46.6. The Hall–Kier alpha value is -1.56. The Morgan fingerprint density at radius 3 is 2.47 bits per heavy atom. The van der Waals surface area contributed by atoms with Gasteiger partial charge in [-0.2, -0.15) is 13.2 Å². The molecule has 3 nitrogen and oxygen atoms in total. The molecule has 0 aliphatic carbocycles. The zero-order chi connectivity index (χ0) is 12.9. The largest absolute Gasteiger partial charge is 0.490 e. The predicted molar refractivity (Wildman–Crippen MR) is 54.2 cm³/mol. The standard InChI is InChI=1S/C11H11F3O3/c1-16-6-7-17-9-5-3-2-4-8(9)10(15)11(12,13)14/h2-5H,6-7H2,1H3. The lowest BCUT2D eigenvalue weighted by Gasteiger charge is -2.11. The van der Waals surface area contributed by atoms with E-state index in [4.69, 9.17) is 9.47 Å². The van der Waals surface area contributed by atoms with E-state index in [0.717, 1.165) is 6.07 Å². The van der Waals surface area contributed by atoms with Gasteiger partial charge < -0.3 is 9.47 Å². The van der Waals surface area contributed by atoms with Crippen LogP contribution in [0.2, 0.25) is 0 Å². The van der Waals surface area contributed by atoms with Crippen LogP contribution >= 0.6 is 0 Å². The van der Waals surface area contributed by atoms with Crippen molar-refractivity contribution >= 4 is 5.78 Å². The Morgan fingerprint density at radius 1 is 1.24 bits per heavy atom. The molecule has 0 saturated carbocycles. The van der Waals surface area contributed by atoms with Crippen molar-refractivity contribution in [3.63, 3.8) is 0 Å². The summed E-state index contributed by atoms with van der Waals surface area (Å²) >= 11 is 0. The molecule has 1 aromatic rings. The fourth-order valence-electron chi connectivity index (χ4n) is 1.17. The average Bonchev–Trinajstić information content (AvgIpc) is 2.28.